The highest BCUT2D eigenvalue weighted by Crippen LogP contribution is 2.39. The number of ether oxygens (including phenoxy) is 2. The maximum atomic E-state index is 12.8. The molecule has 0 bridgehead atoms. The number of thioether (sulfide) groups is 1. The van der Waals surface area contributed by atoms with Crippen LogP contribution in [0, 0.1) is 0 Å². The number of methoxy groups -OCH3 is 1. The monoisotopic (exact) mass is 508 g/mol. The zero-order valence-electron chi connectivity index (χ0n) is 18.2. The molecular formula is C23H22Cl2N2O5S. The van der Waals surface area contributed by atoms with Gasteiger partial charge in [-0.1, -0.05) is 36.2 Å². The molecule has 3 rings (SSSR count). The number of hydrogen-bond acceptors (Lipinski definition) is 6. The Balaban J connectivity index is 1.76. The van der Waals surface area contributed by atoms with Gasteiger partial charge in [0.2, 0.25) is 5.91 Å². The summed E-state index contributed by atoms with van der Waals surface area (Å²) in [5.41, 5.74) is 1.03. The molecule has 174 valence electrons. The first-order valence-corrected chi connectivity index (χ1v) is 11.6. The van der Waals surface area contributed by atoms with Crippen molar-refractivity contribution in [3.8, 4) is 11.5 Å². The SMILES string of the molecule is CC[C@H](C)Oc1c(Cl)cc(/C=C2\SC(=O)N(CC(=O)Nc3cccc(Cl)c3)C2=O)cc1OC. The van der Waals surface area contributed by atoms with Crippen molar-refractivity contribution >= 4 is 63.8 Å². The molecule has 1 aliphatic heterocycles. The highest BCUT2D eigenvalue weighted by atomic mass is 35.5. The maximum Gasteiger partial charge on any atom is 0.294 e. The Bertz CT molecular complexity index is 1120. The van der Waals surface area contributed by atoms with E-state index in [0.717, 1.165) is 23.1 Å². The van der Waals surface area contributed by atoms with Gasteiger partial charge in [0.15, 0.2) is 11.5 Å². The molecular weight excluding hydrogens is 487 g/mol. The van der Waals surface area contributed by atoms with E-state index in [-0.39, 0.29) is 11.0 Å². The number of nitrogens with zero attached hydrogens (tertiary/aromatic N) is 1. The molecule has 0 radical (unpaired) electrons. The van der Waals surface area contributed by atoms with E-state index in [1.165, 1.54) is 13.2 Å². The number of halogens is 2. The standard InChI is InChI=1S/C23H22Cl2N2O5S/c1-4-13(2)32-21-17(25)8-14(9-18(21)31-3)10-19-22(29)27(23(30)33-19)12-20(28)26-16-7-5-6-15(24)11-16/h5-11,13H,4,12H2,1-3H3,(H,26,28)/b19-10-/t13-/m0/s1. The van der Waals surface area contributed by atoms with E-state index in [9.17, 15) is 14.4 Å². The molecule has 0 saturated carbocycles. The van der Waals surface area contributed by atoms with Crippen molar-refractivity contribution in [2.24, 2.45) is 0 Å². The summed E-state index contributed by atoms with van der Waals surface area (Å²) < 4.78 is 11.2. The predicted octanol–water partition coefficient (Wildman–Crippen LogP) is 5.85. The minimum Gasteiger partial charge on any atom is -0.493 e. The normalized spacial score (nSPS) is 15.7. The molecule has 2 aromatic carbocycles. The summed E-state index contributed by atoms with van der Waals surface area (Å²) in [6.45, 7) is 3.49. The number of benzene rings is 2. The summed E-state index contributed by atoms with van der Waals surface area (Å²) in [5, 5.41) is 2.85. The minimum atomic E-state index is -0.568. The van der Waals surface area contributed by atoms with Gasteiger partial charge in [-0.25, -0.2) is 0 Å². The first-order chi connectivity index (χ1) is 15.7. The van der Waals surface area contributed by atoms with Crippen molar-refractivity contribution < 1.29 is 23.9 Å². The minimum absolute atomic E-state index is 0.0585. The Labute approximate surface area is 206 Å². The zero-order chi connectivity index (χ0) is 24.1. The van der Waals surface area contributed by atoms with Gasteiger partial charge in [-0.3, -0.25) is 19.3 Å². The fourth-order valence-electron chi connectivity index (χ4n) is 2.92. The van der Waals surface area contributed by atoms with E-state index in [1.54, 1.807) is 36.4 Å². The van der Waals surface area contributed by atoms with Gasteiger partial charge in [-0.15, -0.1) is 0 Å². The van der Waals surface area contributed by atoms with Gasteiger partial charge in [-0.2, -0.15) is 0 Å². The average Bonchev–Trinajstić information content (AvgIpc) is 3.02. The Morgan fingerprint density at radius 3 is 2.67 bits per heavy atom. The number of carbonyl (C=O) groups excluding carboxylic acids is 3. The van der Waals surface area contributed by atoms with Crippen molar-refractivity contribution in [2.45, 2.75) is 26.4 Å². The van der Waals surface area contributed by atoms with Crippen LogP contribution in [0.25, 0.3) is 6.08 Å². The Morgan fingerprint density at radius 1 is 1.24 bits per heavy atom. The maximum absolute atomic E-state index is 12.8. The molecule has 1 aliphatic rings. The van der Waals surface area contributed by atoms with Gasteiger partial charge in [-0.05, 0) is 67.1 Å². The number of hydrogen-bond donors (Lipinski definition) is 1. The summed E-state index contributed by atoms with van der Waals surface area (Å²) in [7, 11) is 1.49. The Hall–Kier alpha value is -2.68. The van der Waals surface area contributed by atoms with Crippen LogP contribution in [0.4, 0.5) is 10.5 Å². The van der Waals surface area contributed by atoms with Crippen LogP contribution in [0.2, 0.25) is 10.0 Å². The van der Waals surface area contributed by atoms with E-state index in [1.807, 2.05) is 13.8 Å². The summed E-state index contributed by atoms with van der Waals surface area (Å²) >= 11 is 13.0. The van der Waals surface area contributed by atoms with Crippen LogP contribution in [0.1, 0.15) is 25.8 Å². The first kappa shape index (κ1) is 25.0. The molecule has 1 heterocycles. The molecule has 0 aliphatic carbocycles. The van der Waals surface area contributed by atoms with Gasteiger partial charge in [0.05, 0.1) is 23.1 Å². The molecule has 10 heteroatoms. The molecule has 33 heavy (non-hydrogen) atoms. The molecule has 1 N–H and O–H groups in total. The first-order valence-electron chi connectivity index (χ1n) is 10.1. The second-order valence-electron chi connectivity index (χ2n) is 7.20. The third kappa shape index (κ3) is 6.22. The van der Waals surface area contributed by atoms with Crippen LogP contribution in [-0.2, 0) is 9.59 Å². The van der Waals surface area contributed by atoms with E-state index in [2.05, 4.69) is 5.32 Å². The fraction of sp³-hybridized carbons (Fsp3) is 0.261. The molecule has 1 fully saturated rings. The van der Waals surface area contributed by atoms with Crippen molar-refractivity contribution in [3.05, 3.63) is 56.9 Å². The Kier molecular flexibility index (Phi) is 8.29. The molecule has 1 saturated heterocycles. The van der Waals surface area contributed by atoms with E-state index >= 15 is 0 Å². The second kappa shape index (κ2) is 11.0. The summed E-state index contributed by atoms with van der Waals surface area (Å²) in [6, 6.07) is 9.87. The predicted molar refractivity (Wildman–Crippen MR) is 131 cm³/mol. The van der Waals surface area contributed by atoms with Crippen LogP contribution >= 0.6 is 35.0 Å². The summed E-state index contributed by atoms with van der Waals surface area (Å²) in [5.74, 6) is -0.260. The third-order valence-corrected chi connectivity index (χ3v) is 6.15. The lowest BCUT2D eigenvalue weighted by Crippen LogP contribution is -2.36. The topological polar surface area (TPSA) is 84.9 Å². The number of rotatable bonds is 8. The van der Waals surface area contributed by atoms with Crippen molar-refractivity contribution in [2.75, 3.05) is 19.0 Å². The number of carbonyl (C=O) groups is 3. The van der Waals surface area contributed by atoms with Crippen LogP contribution in [0.3, 0.4) is 0 Å². The Morgan fingerprint density at radius 2 is 2.00 bits per heavy atom. The lowest BCUT2D eigenvalue weighted by Gasteiger charge is -2.17. The van der Waals surface area contributed by atoms with Gasteiger partial charge in [0.25, 0.3) is 11.1 Å². The largest absolute Gasteiger partial charge is 0.493 e. The summed E-state index contributed by atoms with van der Waals surface area (Å²) in [4.78, 5) is 38.6. The fourth-order valence-corrected chi connectivity index (χ4v) is 4.21. The number of imide groups is 1. The molecule has 3 amide bonds. The van der Waals surface area contributed by atoms with Crippen LogP contribution in [0.5, 0.6) is 11.5 Å². The molecule has 0 spiro atoms. The highest BCUT2D eigenvalue weighted by Gasteiger charge is 2.36. The molecule has 7 nitrogen and oxygen atoms in total. The van der Waals surface area contributed by atoms with Crippen molar-refractivity contribution in [1.29, 1.82) is 0 Å². The summed E-state index contributed by atoms with van der Waals surface area (Å²) in [6.07, 6.45) is 2.26. The molecule has 2 aromatic rings. The van der Waals surface area contributed by atoms with Gasteiger partial charge < -0.3 is 14.8 Å². The molecule has 0 aromatic heterocycles. The van der Waals surface area contributed by atoms with Crippen LogP contribution in [0.15, 0.2) is 41.3 Å². The molecule has 1 atom stereocenters. The van der Waals surface area contributed by atoms with E-state index < -0.39 is 23.6 Å². The van der Waals surface area contributed by atoms with E-state index in [4.69, 9.17) is 32.7 Å². The smallest absolute Gasteiger partial charge is 0.294 e. The van der Waals surface area contributed by atoms with Gasteiger partial charge in [0.1, 0.15) is 6.54 Å². The third-order valence-electron chi connectivity index (χ3n) is 4.73. The highest BCUT2D eigenvalue weighted by molar-refractivity contribution is 8.18. The number of amides is 3. The van der Waals surface area contributed by atoms with Gasteiger partial charge in [0, 0.05) is 10.7 Å². The van der Waals surface area contributed by atoms with Crippen molar-refractivity contribution in [3.63, 3.8) is 0 Å². The van der Waals surface area contributed by atoms with Gasteiger partial charge >= 0.3 is 0 Å². The molecule has 0 unspecified atom stereocenters. The van der Waals surface area contributed by atoms with Crippen molar-refractivity contribution in [1.82, 2.24) is 4.90 Å². The quantitative estimate of drug-likeness (QED) is 0.449. The van der Waals surface area contributed by atoms with Crippen LogP contribution < -0.4 is 14.8 Å². The number of nitrogens with one attached hydrogen (secondary N) is 1. The van der Waals surface area contributed by atoms with Crippen LogP contribution in [-0.4, -0.2) is 41.7 Å². The average molecular weight is 509 g/mol. The second-order valence-corrected chi connectivity index (χ2v) is 9.03. The zero-order valence-corrected chi connectivity index (χ0v) is 20.5. The lowest BCUT2D eigenvalue weighted by molar-refractivity contribution is -0.127. The van der Waals surface area contributed by atoms with E-state index in [0.29, 0.717) is 32.8 Å². The number of anilines is 1. The lowest BCUT2D eigenvalue weighted by atomic mass is 10.1.